The van der Waals surface area contributed by atoms with Crippen molar-refractivity contribution in [2.45, 2.75) is 20.0 Å². The number of hydrogen-bond acceptors (Lipinski definition) is 6. The van der Waals surface area contributed by atoms with Crippen LogP contribution in [0.15, 0.2) is 0 Å². The fraction of sp³-hybridized carbons (Fsp3) is 0.615. The number of nitrogens with zero attached hydrogens (tertiary/aromatic N) is 2. The highest BCUT2D eigenvalue weighted by atomic mass is 16.6. The van der Waals surface area contributed by atoms with Crippen LogP contribution < -0.4 is 5.32 Å². The van der Waals surface area contributed by atoms with Gasteiger partial charge in [0.1, 0.15) is 0 Å². The molecule has 21 heavy (non-hydrogen) atoms. The molecular weight excluding hydrogens is 276 g/mol. The number of morpholine rings is 1. The SMILES string of the molecule is COC(=O)C1CN(CC(=O)Nc2c(C)n[nH]c2C)CCO1. The zero-order chi connectivity index (χ0) is 15.4. The van der Waals surface area contributed by atoms with Crippen molar-refractivity contribution < 1.29 is 19.1 Å². The Kier molecular flexibility index (Phi) is 4.92. The molecule has 8 nitrogen and oxygen atoms in total. The topological polar surface area (TPSA) is 96.5 Å². The summed E-state index contributed by atoms with van der Waals surface area (Å²) < 4.78 is 9.98. The summed E-state index contributed by atoms with van der Waals surface area (Å²) in [7, 11) is 1.32. The molecule has 0 aromatic carbocycles. The van der Waals surface area contributed by atoms with Crippen LogP contribution in [0.2, 0.25) is 0 Å². The maximum absolute atomic E-state index is 12.1. The van der Waals surface area contributed by atoms with Crippen LogP contribution in [0, 0.1) is 13.8 Å². The van der Waals surface area contributed by atoms with E-state index in [0.717, 1.165) is 11.4 Å². The molecule has 1 fully saturated rings. The third-order valence-corrected chi connectivity index (χ3v) is 3.37. The summed E-state index contributed by atoms with van der Waals surface area (Å²) in [5.41, 5.74) is 2.27. The maximum atomic E-state index is 12.1. The standard InChI is InChI=1S/C13H20N4O4/c1-8-12(9(2)16-15-8)14-11(18)7-17-4-5-21-10(6-17)13(19)20-3/h10H,4-7H2,1-3H3,(H,14,18)(H,15,16). The lowest BCUT2D eigenvalue weighted by atomic mass is 10.2. The van der Waals surface area contributed by atoms with E-state index in [2.05, 4.69) is 20.3 Å². The summed E-state index contributed by atoms with van der Waals surface area (Å²) in [4.78, 5) is 25.4. The minimum absolute atomic E-state index is 0.145. The summed E-state index contributed by atoms with van der Waals surface area (Å²) in [5, 5.41) is 9.68. The number of hydrogen-bond donors (Lipinski definition) is 2. The molecule has 1 aliphatic heterocycles. The zero-order valence-electron chi connectivity index (χ0n) is 12.4. The molecule has 0 radical (unpaired) electrons. The largest absolute Gasteiger partial charge is 0.467 e. The predicted molar refractivity (Wildman–Crippen MR) is 74.9 cm³/mol. The second kappa shape index (κ2) is 6.68. The molecule has 1 aromatic heterocycles. The van der Waals surface area contributed by atoms with E-state index in [1.165, 1.54) is 7.11 Å². The van der Waals surface area contributed by atoms with Gasteiger partial charge < -0.3 is 14.8 Å². The van der Waals surface area contributed by atoms with Crippen molar-refractivity contribution in [2.75, 3.05) is 38.7 Å². The van der Waals surface area contributed by atoms with Crippen LogP contribution in [0.4, 0.5) is 5.69 Å². The molecule has 2 N–H and O–H groups in total. The quantitative estimate of drug-likeness (QED) is 0.749. The third kappa shape index (κ3) is 3.79. The molecule has 0 aliphatic carbocycles. The molecule has 2 heterocycles. The predicted octanol–water partition coefficient (Wildman–Crippen LogP) is -0.161. The minimum Gasteiger partial charge on any atom is -0.467 e. The van der Waals surface area contributed by atoms with Crippen LogP contribution in [0.25, 0.3) is 0 Å². The van der Waals surface area contributed by atoms with Crippen molar-refractivity contribution in [3.05, 3.63) is 11.4 Å². The Morgan fingerprint density at radius 2 is 2.29 bits per heavy atom. The van der Waals surface area contributed by atoms with E-state index in [9.17, 15) is 9.59 Å². The highest BCUT2D eigenvalue weighted by Crippen LogP contribution is 2.16. The fourth-order valence-corrected chi connectivity index (χ4v) is 2.24. The van der Waals surface area contributed by atoms with Gasteiger partial charge in [0.2, 0.25) is 5.91 Å². The number of aromatic nitrogens is 2. The average Bonchev–Trinajstić information content (AvgIpc) is 2.78. The van der Waals surface area contributed by atoms with Crippen molar-refractivity contribution >= 4 is 17.6 Å². The maximum Gasteiger partial charge on any atom is 0.336 e. The van der Waals surface area contributed by atoms with Crippen LogP contribution in [-0.4, -0.2) is 66.4 Å². The van der Waals surface area contributed by atoms with E-state index in [1.54, 1.807) is 0 Å². The summed E-state index contributed by atoms with van der Waals surface area (Å²) in [6, 6.07) is 0. The van der Waals surface area contributed by atoms with Crippen LogP contribution in [0.5, 0.6) is 0 Å². The van der Waals surface area contributed by atoms with Crippen molar-refractivity contribution in [3.8, 4) is 0 Å². The molecule has 1 aromatic rings. The number of rotatable bonds is 4. The minimum atomic E-state index is -0.631. The number of aryl methyl sites for hydroxylation is 2. The molecule has 116 valence electrons. The molecule has 1 amide bonds. The van der Waals surface area contributed by atoms with Gasteiger partial charge in [0.05, 0.1) is 37.3 Å². The zero-order valence-corrected chi connectivity index (χ0v) is 12.4. The number of carbonyl (C=O) groups is 2. The molecule has 1 aliphatic rings. The molecular formula is C13H20N4O4. The Balaban J connectivity index is 1.89. The first-order chi connectivity index (χ1) is 10.0. The highest BCUT2D eigenvalue weighted by molar-refractivity contribution is 5.93. The van der Waals surface area contributed by atoms with E-state index in [1.807, 2.05) is 18.7 Å². The van der Waals surface area contributed by atoms with Gasteiger partial charge in [-0.1, -0.05) is 0 Å². The van der Waals surface area contributed by atoms with E-state index in [0.29, 0.717) is 25.4 Å². The molecule has 0 bridgehead atoms. The Morgan fingerprint density at radius 3 is 2.90 bits per heavy atom. The van der Waals surface area contributed by atoms with Crippen molar-refractivity contribution in [2.24, 2.45) is 0 Å². The summed E-state index contributed by atoms with van der Waals surface area (Å²) in [5.74, 6) is -0.560. The Labute approximate surface area is 122 Å². The van der Waals surface area contributed by atoms with Gasteiger partial charge in [-0.15, -0.1) is 0 Å². The summed E-state index contributed by atoms with van der Waals surface area (Å²) in [6.45, 7) is 5.21. The van der Waals surface area contributed by atoms with Gasteiger partial charge >= 0.3 is 5.97 Å². The number of H-pyrrole nitrogens is 1. The molecule has 2 rings (SSSR count). The lowest BCUT2D eigenvalue weighted by molar-refractivity contribution is -0.160. The van der Waals surface area contributed by atoms with Gasteiger partial charge in [-0.2, -0.15) is 5.10 Å². The number of methoxy groups -OCH3 is 1. The van der Waals surface area contributed by atoms with Gasteiger partial charge in [0.15, 0.2) is 6.10 Å². The van der Waals surface area contributed by atoms with Crippen LogP contribution >= 0.6 is 0 Å². The first-order valence-electron chi connectivity index (χ1n) is 6.74. The molecule has 1 atom stereocenters. The van der Waals surface area contributed by atoms with Crippen molar-refractivity contribution in [3.63, 3.8) is 0 Å². The number of carbonyl (C=O) groups excluding carboxylic acids is 2. The van der Waals surface area contributed by atoms with E-state index >= 15 is 0 Å². The number of nitrogens with one attached hydrogen (secondary N) is 2. The van der Waals surface area contributed by atoms with Crippen LogP contribution in [0.1, 0.15) is 11.4 Å². The lowest BCUT2D eigenvalue weighted by Crippen LogP contribution is -2.48. The average molecular weight is 296 g/mol. The second-order valence-corrected chi connectivity index (χ2v) is 4.97. The van der Waals surface area contributed by atoms with Crippen LogP contribution in [0.3, 0.4) is 0 Å². The monoisotopic (exact) mass is 296 g/mol. The smallest absolute Gasteiger partial charge is 0.336 e. The van der Waals surface area contributed by atoms with Gasteiger partial charge in [-0.25, -0.2) is 4.79 Å². The molecule has 1 saturated heterocycles. The first-order valence-corrected chi connectivity index (χ1v) is 6.74. The molecule has 0 spiro atoms. The van der Waals surface area contributed by atoms with Gasteiger partial charge in [0.25, 0.3) is 0 Å². The number of amides is 1. The Bertz CT molecular complexity index is 509. The normalized spacial score (nSPS) is 19.3. The number of ether oxygens (including phenoxy) is 2. The van der Waals surface area contributed by atoms with Crippen molar-refractivity contribution in [1.82, 2.24) is 15.1 Å². The van der Waals surface area contributed by atoms with Gasteiger partial charge in [-0.05, 0) is 13.8 Å². The number of anilines is 1. The molecule has 8 heteroatoms. The molecule has 0 saturated carbocycles. The van der Waals surface area contributed by atoms with E-state index in [-0.39, 0.29) is 12.5 Å². The van der Waals surface area contributed by atoms with Gasteiger partial charge in [0, 0.05) is 13.1 Å². The number of aromatic amines is 1. The van der Waals surface area contributed by atoms with E-state index in [4.69, 9.17) is 4.74 Å². The Morgan fingerprint density at radius 1 is 1.52 bits per heavy atom. The summed E-state index contributed by atoms with van der Waals surface area (Å²) >= 11 is 0. The van der Waals surface area contributed by atoms with E-state index < -0.39 is 12.1 Å². The number of esters is 1. The van der Waals surface area contributed by atoms with Crippen LogP contribution in [-0.2, 0) is 19.1 Å². The Hall–Kier alpha value is -1.93. The second-order valence-electron chi connectivity index (χ2n) is 4.97. The summed E-state index contributed by atoms with van der Waals surface area (Å²) in [6.07, 6.45) is -0.631. The van der Waals surface area contributed by atoms with Crippen molar-refractivity contribution in [1.29, 1.82) is 0 Å². The fourth-order valence-electron chi connectivity index (χ4n) is 2.24. The lowest BCUT2D eigenvalue weighted by Gasteiger charge is -2.30. The molecule has 1 unspecified atom stereocenters. The van der Waals surface area contributed by atoms with Gasteiger partial charge in [-0.3, -0.25) is 14.8 Å². The first kappa shape index (κ1) is 15.5. The highest BCUT2D eigenvalue weighted by Gasteiger charge is 2.28. The third-order valence-electron chi connectivity index (χ3n) is 3.37.